The lowest BCUT2D eigenvalue weighted by atomic mass is 10.1. The summed E-state index contributed by atoms with van der Waals surface area (Å²) in [6, 6.07) is 13.7. The summed E-state index contributed by atoms with van der Waals surface area (Å²) in [5, 5.41) is 4.64. The number of ether oxygens (including phenoxy) is 1. The maximum Gasteiger partial charge on any atom is 0.416 e. The highest BCUT2D eigenvalue weighted by atomic mass is 19.4. The summed E-state index contributed by atoms with van der Waals surface area (Å²) < 4.78 is 48.0. The molecule has 0 fully saturated rings. The van der Waals surface area contributed by atoms with Crippen LogP contribution >= 0.6 is 0 Å². The van der Waals surface area contributed by atoms with Crippen molar-refractivity contribution in [1.82, 2.24) is 15.1 Å². The first-order chi connectivity index (χ1) is 14.9. The van der Waals surface area contributed by atoms with Crippen molar-refractivity contribution in [3.63, 3.8) is 0 Å². The van der Waals surface area contributed by atoms with Crippen LogP contribution in [0, 0.1) is 0 Å². The molecule has 6 nitrogen and oxygen atoms in total. The molecule has 0 amide bonds. The molecule has 4 aromatic rings. The molecule has 0 aliphatic rings. The maximum atomic E-state index is 12.6. The van der Waals surface area contributed by atoms with Gasteiger partial charge in [-0.1, -0.05) is 41.6 Å². The van der Waals surface area contributed by atoms with E-state index in [0.717, 1.165) is 28.6 Å². The quantitative estimate of drug-likeness (QED) is 0.329. The molecule has 0 saturated carbocycles. The Bertz CT molecular complexity index is 1240. The van der Waals surface area contributed by atoms with E-state index in [4.69, 9.17) is 9.26 Å². The van der Waals surface area contributed by atoms with Gasteiger partial charge >= 0.3 is 12.1 Å². The first-order valence-corrected chi connectivity index (χ1v) is 9.09. The van der Waals surface area contributed by atoms with Gasteiger partial charge in [0.25, 0.3) is 5.89 Å². The van der Waals surface area contributed by atoms with Crippen molar-refractivity contribution in [2.75, 3.05) is 0 Å². The Hall–Kier alpha value is -4.01. The number of fused-ring (bicyclic) bond motifs is 1. The zero-order chi connectivity index (χ0) is 21.8. The molecule has 4 rings (SSSR count). The van der Waals surface area contributed by atoms with E-state index in [1.165, 1.54) is 18.2 Å². The van der Waals surface area contributed by atoms with Gasteiger partial charge in [0.05, 0.1) is 11.1 Å². The second-order valence-corrected chi connectivity index (χ2v) is 6.45. The molecule has 0 N–H and O–H groups in total. The summed E-state index contributed by atoms with van der Waals surface area (Å²) in [6.45, 7) is -0.273. The van der Waals surface area contributed by atoms with Crippen LogP contribution in [0.4, 0.5) is 13.2 Å². The summed E-state index contributed by atoms with van der Waals surface area (Å²) >= 11 is 0. The zero-order valence-electron chi connectivity index (χ0n) is 15.8. The molecule has 156 valence electrons. The number of nitrogens with zero attached hydrogens (tertiary/aromatic N) is 3. The van der Waals surface area contributed by atoms with Crippen LogP contribution in [0.15, 0.2) is 71.4 Å². The number of rotatable bonds is 5. The van der Waals surface area contributed by atoms with E-state index in [2.05, 4.69) is 15.1 Å². The molecule has 0 bridgehead atoms. The van der Waals surface area contributed by atoms with Crippen molar-refractivity contribution in [2.24, 2.45) is 0 Å². The number of para-hydroxylation sites is 1. The first kappa shape index (κ1) is 20.3. The SMILES string of the molecule is O=C(/C=C/c1cccc2cccnc12)OCc1nc(-c2ccc(C(F)(F)F)cc2)no1. The second kappa shape index (κ2) is 8.39. The van der Waals surface area contributed by atoms with Gasteiger partial charge in [0.1, 0.15) is 0 Å². The molecule has 2 aromatic carbocycles. The van der Waals surface area contributed by atoms with Crippen LogP contribution in [0.1, 0.15) is 17.0 Å². The predicted molar refractivity (Wildman–Crippen MR) is 105 cm³/mol. The third-order valence-corrected chi connectivity index (χ3v) is 4.34. The number of esters is 1. The number of hydrogen-bond donors (Lipinski definition) is 0. The molecule has 9 heteroatoms. The smallest absolute Gasteiger partial charge is 0.416 e. The zero-order valence-corrected chi connectivity index (χ0v) is 15.8. The third-order valence-electron chi connectivity index (χ3n) is 4.34. The van der Waals surface area contributed by atoms with Gasteiger partial charge < -0.3 is 9.26 Å². The minimum absolute atomic E-state index is 0.0171. The molecule has 0 aliphatic carbocycles. The molecule has 0 saturated heterocycles. The van der Waals surface area contributed by atoms with Gasteiger partial charge in [-0.15, -0.1) is 0 Å². The van der Waals surface area contributed by atoms with Crippen LogP contribution in [0.3, 0.4) is 0 Å². The Balaban J connectivity index is 1.38. The largest absolute Gasteiger partial charge is 0.452 e. The van der Waals surface area contributed by atoms with E-state index in [0.29, 0.717) is 5.56 Å². The van der Waals surface area contributed by atoms with Gasteiger partial charge in [-0.25, -0.2) is 4.79 Å². The molecule has 0 atom stereocenters. The Kier molecular flexibility index (Phi) is 5.48. The van der Waals surface area contributed by atoms with Gasteiger partial charge in [0.2, 0.25) is 5.82 Å². The minimum atomic E-state index is -4.43. The highest BCUT2D eigenvalue weighted by Gasteiger charge is 2.30. The van der Waals surface area contributed by atoms with Crippen molar-refractivity contribution in [2.45, 2.75) is 12.8 Å². The van der Waals surface area contributed by atoms with E-state index in [-0.39, 0.29) is 18.3 Å². The van der Waals surface area contributed by atoms with Crippen LogP contribution in [-0.2, 0) is 22.3 Å². The Morgan fingerprint density at radius 1 is 1.06 bits per heavy atom. The second-order valence-electron chi connectivity index (χ2n) is 6.45. The van der Waals surface area contributed by atoms with Gasteiger partial charge in [0.15, 0.2) is 6.61 Å². The monoisotopic (exact) mass is 425 g/mol. The van der Waals surface area contributed by atoms with E-state index in [1.807, 2.05) is 30.3 Å². The third kappa shape index (κ3) is 4.77. The van der Waals surface area contributed by atoms with Crippen LogP contribution in [0.5, 0.6) is 0 Å². The van der Waals surface area contributed by atoms with Crippen molar-refractivity contribution < 1.29 is 27.2 Å². The number of alkyl halides is 3. The number of benzene rings is 2. The predicted octanol–water partition coefficient (Wildman–Crippen LogP) is 5.06. The van der Waals surface area contributed by atoms with E-state index in [1.54, 1.807) is 12.3 Å². The molecule has 0 radical (unpaired) electrons. The number of carbonyl (C=O) groups excluding carboxylic acids is 1. The summed E-state index contributed by atoms with van der Waals surface area (Å²) in [4.78, 5) is 20.3. The molecular weight excluding hydrogens is 411 g/mol. The fourth-order valence-electron chi connectivity index (χ4n) is 2.84. The van der Waals surface area contributed by atoms with E-state index >= 15 is 0 Å². The van der Waals surface area contributed by atoms with Crippen molar-refractivity contribution in [1.29, 1.82) is 0 Å². The molecular formula is C22H14F3N3O3. The average Bonchev–Trinajstić information content (AvgIpc) is 3.25. The fourth-order valence-corrected chi connectivity index (χ4v) is 2.84. The number of carbonyl (C=O) groups is 1. The molecule has 31 heavy (non-hydrogen) atoms. The van der Waals surface area contributed by atoms with Gasteiger partial charge in [-0.2, -0.15) is 18.2 Å². The molecule has 0 unspecified atom stereocenters. The fraction of sp³-hybridized carbons (Fsp3) is 0.0909. The molecule has 0 spiro atoms. The standard InChI is InChI=1S/C22H14F3N3O3/c23-22(24,25)17-9-6-16(7-10-17)21-27-18(31-28-21)13-30-19(29)11-8-15-4-1-3-14-5-2-12-26-20(14)15/h1-12H,13H2/b11-8+. The Morgan fingerprint density at radius 3 is 2.61 bits per heavy atom. The minimum Gasteiger partial charge on any atom is -0.452 e. The first-order valence-electron chi connectivity index (χ1n) is 9.09. The Morgan fingerprint density at radius 2 is 1.84 bits per heavy atom. The average molecular weight is 425 g/mol. The molecule has 2 aromatic heterocycles. The summed E-state index contributed by atoms with van der Waals surface area (Å²) in [5.41, 5.74) is 1.09. The lowest BCUT2D eigenvalue weighted by molar-refractivity contribution is -0.140. The highest BCUT2D eigenvalue weighted by molar-refractivity contribution is 5.92. The van der Waals surface area contributed by atoms with Gasteiger partial charge in [-0.05, 0) is 24.3 Å². The number of pyridine rings is 1. The number of aromatic nitrogens is 3. The van der Waals surface area contributed by atoms with Gasteiger partial charge in [0, 0.05) is 28.8 Å². The van der Waals surface area contributed by atoms with Crippen LogP contribution in [-0.4, -0.2) is 21.1 Å². The van der Waals surface area contributed by atoms with E-state index < -0.39 is 17.7 Å². The lowest BCUT2D eigenvalue weighted by Crippen LogP contribution is -2.04. The van der Waals surface area contributed by atoms with Gasteiger partial charge in [-0.3, -0.25) is 4.98 Å². The normalized spacial score (nSPS) is 11.8. The molecule has 2 heterocycles. The van der Waals surface area contributed by atoms with Crippen LogP contribution in [0.2, 0.25) is 0 Å². The van der Waals surface area contributed by atoms with E-state index in [9.17, 15) is 18.0 Å². The maximum absolute atomic E-state index is 12.6. The highest BCUT2D eigenvalue weighted by Crippen LogP contribution is 2.30. The lowest BCUT2D eigenvalue weighted by Gasteiger charge is -2.05. The topological polar surface area (TPSA) is 78.1 Å². The molecule has 0 aliphatic heterocycles. The van der Waals surface area contributed by atoms with Crippen molar-refractivity contribution in [3.8, 4) is 11.4 Å². The van der Waals surface area contributed by atoms with Crippen molar-refractivity contribution >= 4 is 22.9 Å². The summed E-state index contributed by atoms with van der Waals surface area (Å²) in [6.07, 6.45) is 0.0995. The summed E-state index contributed by atoms with van der Waals surface area (Å²) in [5.74, 6) is -0.511. The summed E-state index contributed by atoms with van der Waals surface area (Å²) in [7, 11) is 0. The van der Waals surface area contributed by atoms with Crippen LogP contribution < -0.4 is 0 Å². The number of halogens is 3. The van der Waals surface area contributed by atoms with Crippen LogP contribution in [0.25, 0.3) is 28.4 Å². The Labute approximate surface area is 174 Å². The van der Waals surface area contributed by atoms with Crippen molar-refractivity contribution in [3.05, 3.63) is 83.9 Å². The number of hydrogen-bond acceptors (Lipinski definition) is 6.